The lowest BCUT2D eigenvalue weighted by molar-refractivity contribution is -0.116. The molecule has 2 N–H and O–H groups in total. The molecular weight excluding hydrogens is 468 g/mol. The van der Waals surface area contributed by atoms with Gasteiger partial charge in [0.2, 0.25) is 5.91 Å². The van der Waals surface area contributed by atoms with Gasteiger partial charge in [0.05, 0.1) is 32.2 Å². The fourth-order valence-electron chi connectivity index (χ4n) is 3.72. The molecule has 2 amide bonds. The molecule has 0 unspecified atom stereocenters. The highest BCUT2D eigenvalue weighted by Gasteiger charge is 2.18. The van der Waals surface area contributed by atoms with Crippen LogP contribution in [0.3, 0.4) is 0 Å². The first-order valence-electron chi connectivity index (χ1n) is 12.4. The molecule has 3 rings (SSSR count). The van der Waals surface area contributed by atoms with E-state index in [1.54, 1.807) is 36.4 Å². The third-order valence-electron chi connectivity index (χ3n) is 6.42. The van der Waals surface area contributed by atoms with Gasteiger partial charge in [-0.1, -0.05) is 51.1 Å². The Morgan fingerprint density at radius 1 is 0.838 bits per heavy atom. The highest BCUT2D eigenvalue weighted by molar-refractivity contribution is 6.05. The lowest BCUT2D eigenvalue weighted by atomic mass is 9.82. The van der Waals surface area contributed by atoms with Crippen molar-refractivity contribution >= 4 is 23.2 Å². The van der Waals surface area contributed by atoms with Crippen molar-refractivity contribution in [3.8, 4) is 17.2 Å². The largest absolute Gasteiger partial charge is 0.494 e. The zero-order valence-corrected chi connectivity index (χ0v) is 22.2. The second-order valence-electron chi connectivity index (χ2n) is 9.33. The van der Waals surface area contributed by atoms with Crippen LogP contribution >= 0.6 is 0 Å². The Balaban J connectivity index is 1.56. The smallest absolute Gasteiger partial charge is 0.255 e. The highest BCUT2D eigenvalue weighted by atomic mass is 16.5. The van der Waals surface area contributed by atoms with Gasteiger partial charge in [0.25, 0.3) is 5.91 Å². The summed E-state index contributed by atoms with van der Waals surface area (Å²) in [5.41, 5.74) is 2.82. The maximum atomic E-state index is 12.6. The van der Waals surface area contributed by atoms with Gasteiger partial charge in [0.1, 0.15) is 17.2 Å². The molecule has 0 atom stereocenters. The summed E-state index contributed by atoms with van der Waals surface area (Å²) < 4.78 is 16.7. The van der Waals surface area contributed by atoms with Gasteiger partial charge in [-0.3, -0.25) is 9.59 Å². The number of ether oxygens (including phenoxy) is 3. The number of hydrogen-bond acceptors (Lipinski definition) is 5. The maximum Gasteiger partial charge on any atom is 0.255 e. The molecule has 37 heavy (non-hydrogen) atoms. The number of rotatable bonds is 12. The zero-order valence-electron chi connectivity index (χ0n) is 22.2. The predicted molar refractivity (Wildman–Crippen MR) is 147 cm³/mol. The van der Waals surface area contributed by atoms with Crippen LogP contribution < -0.4 is 24.8 Å². The van der Waals surface area contributed by atoms with Gasteiger partial charge in [-0.05, 0) is 48.1 Å². The number of carbonyl (C=O) groups excluding carboxylic acids is 2. The molecule has 0 saturated heterocycles. The predicted octanol–water partition coefficient (Wildman–Crippen LogP) is 6.44. The van der Waals surface area contributed by atoms with Crippen LogP contribution in [0, 0.1) is 0 Å². The molecule has 196 valence electrons. The standard InChI is InChI=1S/C30H36N2O5/c1-6-30(2,3)22-14-16-23(17-15-22)37-18-10-13-28(33)31-24-19-27(36-5)25(20-26(24)35-4)32-29(34)21-11-8-7-9-12-21/h7-9,11-12,14-17,19-20H,6,10,13,18H2,1-5H3,(H,31,33)(H,32,34). The minimum Gasteiger partial charge on any atom is -0.494 e. The molecule has 7 heteroatoms. The van der Waals surface area contributed by atoms with Gasteiger partial charge in [-0.25, -0.2) is 0 Å². The third kappa shape index (κ3) is 7.49. The van der Waals surface area contributed by atoms with Gasteiger partial charge in [-0.15, -0.1) is 0 Å². The van der Waals surface area contributed by atoms with Gasteiger partial charge in [0.15, 0.2) is 0 Å². The Labute approximate surface area is 219 Å². The van der Waals surface area contributed by atoms with Gasteiger partial charge >= 0.3 is 0 Å². The van der Waals surface area contributed by atoms with Gasteiger partial charge < -0.3 is 24.8 Å². The Morgan fingerprint density at radius 2 is 1.43 bits per heavy atom. The van der Waals surface area contributed by atoms with E-state index in [-0.39, 0.29) is 23.7 Å². The van der Waals surface area contributed by atoms with Crippen LogP contribution in [0.5, 0.6) is 17.2 Å². The average Bonchev–Trinajstić information content (AvgIpc) is 2.92. The summed E-state index contributed by atoms with van der Waals surface area (Å²) in [6.07, 6.45) is 1.89. The van der Waals surface area contributed by atoms with Crippen LogP contribution in [0.25, 0.3) is 0 Å². The van der Waals surface area contributed by atoms with E-state index in [4.69, 9.17) is 14.2 Å². The van der Waals surface area contributed by atoms with Crippen molar-refractivity contribution in [2.75, 3.05) is 31.5 Å². The van der Waals surface area contributed by atoms with Crippen molar-refractivity contribution in [2.45, 2.75) is 45.4 Å². The van der Waals surface area contributed by atoms with Crippen molar-refractivity contribution in [1.82, 2.24) is 0 Å². The quantitative estimate of drug-likeness (QED) is 0.277. The first-order chi connectivity index (χ1) is 17.8. The highest BCUT2D eigenvalue weighted by Crippen LogP contribution is 2.37. The van der Waals surface area contributed by atoms with Crippen molar-refractivity contribution < 1.29 is 23.8 Å². The van der Waals surface area contributed by atoms with E-state index < -0.39 is 0 Å². The second-order valence-corrected chi connectivity index (χ2v) is 9.33. The topological polar surface area (TPSA) is 85.9 Å². The number of benzene rings is 3. The summed E-state index contributed by atoms with van der Waals surface area (Å²) in [5, 5.41) is 5.70. The van der Waals surface area contributed by atoms with Crippen LogP contribution in [0.15, 0.2) is 66.7 Å². The van der Waals surface area contributed by atoms with Crippen LogP contribution in [-0.4, -0.2) is 32.6 Å². The number of anilines is 2. The Bertz CT molecular complexity index is 1190. The van der Waals surface area contributed by atoms with Crippen molar-refractivity contribution in [3.05, 3.63) is 77.9 Å². The number of hydrogen-bond donors (Lipinski definition) is 2. The van der Waals surface area contributed by atoms with E-state index in [2.05, 4.69) is 43.5 Å². The fourth-order valence-corrected chi connectivity index (χ4v) is 3.72. The summed E-state index contributed by atoms with van der Waals surface area (Å²) in [6.45, 7) is 7.05. The van der Waals surface area contributed by atoms with E-state index in [0.717, 1.165) is 12.2 Å². The van der Waals surface area contributed by atoms with Crippen LogP contribution in [0.4, 0.5) is 11.4 Å². The summed E-state index contributed by atoms with van der Waals surface area (Å²) in [6, 6.07) is 20.3. The van der Waals surface area contributed by atoms with Crippen molar-refractivity contribution in [3.63, 3.8) is 0 Å². The molecule has 0 spiro atoms. The Morgan fingerprint density at radius 3 is 2.00 bits per heavy atom. The molecule has 0 fully saturated rings. The summed E-state index contributed by atoms with van der Waals surface area (Å²) in [5.74, 6) is 1.14. The van der Waals surface area contributed by atoms with E-state index in [0.29, 0.717) is 41.5 Å². The summed E-state index contributed by atoms with van der Waals surface area (Å²) in [4.78, 5) is 25.2. The van der Waals surface area contributed by atoms with Crippen molar-refractivity contribution in [1.29, 1.82) is 0 Å². The number of amides is 2. The molecule has 3 aromatic carbocycles. The van der Waals surface area contributed by atoms with E-state index >= 15 is 0 Å². The Hall–Kier alpha value is -4.00. The number of nitrogens with one attached hydrogen (secondary N) is 2. The van der Waals surface area contributed by atoms with Gasteiger partial charge in [-0.2, -0.15) is 0 Å². The molecule has 3 aromatic rings. The number of methoxy groups -OCH3 is 2. The number of carbonyl (C=O) groups is 2. The summed E-state index contributed by atoms with van der Waals surface area (Å²) >= 11 is 0. The normalized spacial score (nSPS) is 10.9. The molecule has 0 aromatic heterocycles. The second kappa shape index (κ2) is 12.8. The molecule has 0 radical (unpaired) electrons. The summed E-state index contributed by atoms with van der Waals surface area (Å²) in [7, 11) is 3.00. The van der Waals surface area contributed by atoms with Crippen LogP contribution in [0.1, 0.15) is 56.0 Å². The average molecular weight is 505 g/mol. The first-order valence-corrected chi connectivity index (χ1v) is 12.4. The Kier molecular flexibility index (Phi) is 9.55. The minimum absolute atomic E-state index is 0.131. The van der Waals surface area contributed by atoms with E-state index in [1.807, 2.05) is 18.2 Å². The lowest BCUT2D eigenvalue weighted by Crippen LogP contribution is -2.15. The van der Waals surface area contributed by atoms with Crippen LogP contribution in [0.2, 0.25) is 0 Å². The lowest BCUT2D eigenvalue weighted by Gasteiger charge is -2.23. The molecule has 0 aliphatic heterocycles. The van der Waals surface area contributed by atoms with E-state index in [9.17, 15) is 9.59 Å². The van der Waals surface area contributed by atoms with E-state index in [1.165, 1.54) is 19.8 Å². The SMILES string of the molecule is CCC(C)(C)c1ccc(OCCCC(=O)Nc2cc(OC)c(NC(=O)c3ccccc3)cc2OC)cc1. The first kappa shape index (κ1) is 27.6. The fraction of sp³-hybridized carbons (Fsp3) is 0.333. The molecule has 0 aliphatic rings. The monoisotopic (exact) mass is 504 g/mol. The van der Waals surface area contributed by atoms with Crippen molar-refractivity contribution in [2.24, 2.45) is 0 Å². The molecule has 0 heterocycles. The minimum atomic E-state index is -0.276. The molecular formula is C30H36N2O5. The molecule has 0 aliphatic carbocycles. The molecule has 0 bridgehead atoms. The third-order valence-corrected chi connectivity index (χ3v) is 6.42. The molecule has 7 nitrogen and oxygen atoms in total. The molecule has 0 saturated carbocycles. The zero-order chi connectivity index (χ0) is 26.8. The maximum absolute atomic E-state index is 12.6. The van der Waals surface area contributed by atoms with Gasteiger partial charge in [0, 0.05) is 24.1 Å². The van der Waals surface area contributed by atoms with Crippen LogP contribution in [-0.2, 0) is 10.2 Å².